The molecular weight excluding hydrogens is 198 g/mol. The standard InChI is InChI=1S/C9H15N3OS/c1-4-7(10)8(13)12-9-5(2)11-6(3)14-9/h7H,4,10H2,1-3H3,(H,12,13)/t7-/m0/s1. The van der Waals surface area contributed by atoms with Gasteiger partial charge in [-0.3, -0.25) is 4.79 Å². The third kappa shape index (κ3) is 2.52. The number of nitrogens with one attached hydrogen (secondary N) is 1. The SMILES string of the molecule is CC[C@H](N)C(=O)Nc1sc(C)nc1C. The largest absolute Gasteiger partial charge is 0.320 e. The summed E-state index contributed by atoms with van der Waals surface area (Å²) >= 11 is 1.47. The smallest absolute Gasteiger partial charge is 0.241 e. The number of carbonyl (C=O) groups is 1. The maximum absolute atomic E-state index is 11.4. The van der Waals surface area contributed by atoms with Crippen LogP contribution in [0.2, 0.25) is 0 Å². The monoisotopic (exact) mass is 213 g/mol. The molecule has 1 rings (SSSR count). The molecule has 78 valence electrons. The first kappa shape index (κ1) is 11.1. The molecule has 0 aliphatic rings. The summed E-state index contributed by atoms with van der Waals surface area (Å²) in [7, 11) is 0. The van der Waals surface area contributed by atoms with Crippen molar-refractivity contribution >= 4 is 22.2 Å². The maximum Gasteiger partial charge on any atom is 0.241 e. The first-order chi connectivity index (χ1) is 6.54. The van der Waals surface area contributed by atoms with Crippen molar-refractivity contribution in [2.75, 3.05) is 5.32 Å². The van der Waals surface area contributed by atoms with E-state index in [0.717, 1.165) is 15.7 Å². The van der Waals surface area contributed by atoms with E-state index < -0.39 is 6.04 Å². The van der Waals surface area contributed by atoms with E-state index in [0.29, 0.717) is 6.42 Å². The van der Waals surface area contributed by atoms with Gasteiger partial charge in [0.05, 0.1) is 16.7 Å². The van der Waals surface area contributed by atoms with Gasteiger partial charge in [0.1, 0.15) is 5.00 Å². The summed E-state index contributed by atoms with van der Waals surface area (Å²) in [5, 5.41) is 4.52. The molecule has 0 aliphatic heterocycles. The molecule has 0 saturated carbocycles. The number of anilines is 1. The van der Waals surface area contributed by atoms with E-state index in [-0.39, 0.29) is 5.91 Å². The van der Waals surface area contributed by atoms with Crippen LogP contribution in [0.25, 0.3) is 0 Å². The van der Waals surface area contributed by atoms with Gasteiger partial charge in [0, 0.05) is 0 Å². The van der Waals surface area contributed by atoms with Crippen LogP contribution < -0.4 is 11.1 Å². The summed E-state index contributed by atoms with van der Waals surface area (Å²) in [6.45, 7) is 5.67. The number of hydrogen-bond acceptors (Lipinski definition) is 4. The first-order valence-corrected chi connectivity index (χ1v) is 5.36. The molecule has 0 spiro atoms. The highest BCUT2D eigenvalue weighted by atomic mass is 32.1. The van der Waals surface area contributed by atoms with Crippen molar-refractivity contribution in [1.29, 1.82) is 0 Å². The number of carbonyl (C=O) groups excluding carboxylic acids is 1. The number of aryl methyl sites for hydroxylation is 2. The van der Waals surface area contributed by atoms with E-state index in [4.69, 9.17) is 5.73 Å². The molecule has 0 radical (unpaired) electrons. The van der Waals surface area contributed by atoms with Gasteiger partial charge in [-0.15, -0.1) is 11.3 Å². The highest BCUT2D eigenvalue weighted by Crippen LogP contribution is 2.23. The molecule has 0 fully saturated rings. The van der Waals surface area contributed by atoms with Crippen molar-refractivity contribution < 1.29 is 4.79 Å². The van der Waals surface area contributed by atoms with Crippen LogP contribution in [-0.2, 0) is 4.79 Å². The average Bonchev–Trinajstić information content (AvgIpc) is 2.44. The lowest BCUT2D eigenvalue weighted by molar-refractivity contribution is -0.117. The number of aromatic nitrogens is 1. The van der Waals surface area contributed by atoms with Crippen molar-refractivity contribution in [3.63, 3.8) is 0 Å². The molecule has 1 heterocycles. The highest BCUT2D eigenvalue weighted by molar-refractivity contribution is 7.16. The van der Waals surface area contributed by atoms with E-state index >= 15 is 0 Å². The Hall–Kier alpha value is -0.940. The summed E-state index contributed by atoms with van der Waals surface area (Å²) in [5.74, 6) is -0.140. The van der Waals surface area contributed by atoms with Gasteiger partial charge in [-0.05, 0) is 20.3 Å². The summed E-state index contributed by atoms with van der Waals surface area (Å²) in [6, 6.07) is -0.434. The Kier molecular flexibility index (Phi) is 3.60. The number of rotatable bonds is 3. The lowest BCUT2D eigenvalue weighted by Gasteiger charge is -2.08. The van der Waals surface area contributed by atoms with Crippen LogP contribution in [-0.4, -0.2) is 16.9 Å². The fourth-order valence-electron chi connectivity index (χ4n) is 1.04. The van der Waals surface area contributed by atoms with Gasteiger partial charge in [0.2, 0.25) is 5.91 Å². The second-order valence-corrected chi connectivity index (χ2v) is 4.35. The van der Waals surface area contributed by atoms with E-state index in [1.807, 2.05) is 20.8 Å². The van der Waals surface area contributed by atoms with Crippen LogP contribution >= 0.6 is 11.3 Å². The van der Waals surface area contributed by atoms with Crippen molar-refractivity contribution in [2.45, 2.75) is 33.2 Å². The number of nitrogens with zero attached hydrogens (tertiary/aromatic N) is 1. The van der Waals surface area contributed by atoms with Crippen LogP contribution in [0.4, 0.5) is 5.00 Å². The van der Waals surface area contributed by atoms with Crippen molar-refractivity contribution in [3.05, 3.63) is 10.7 Å². The molecule has 3 N–H and O–H groups in total. The lowest BCUT2D eigenvalue weighted by atomic mass is 10.2. The Bertz CT molecular complexity index is 335. The molecule has 0 bridgehead atoms. The summed E-state index contributed by atoms with van der Waals surface area (Å²) in [4.78, 5) is 15.7. The summed E-state index contributed by atoms with van der Waals surface area (Å²) in [5.41, 5.74) is 6.44. The Balaban J connectivity index is 2.69. The molecule has 5 heteroatoms. The zero-order chi connectivity index (χ0) is 10.7. The van der Waals surface area contributed by atoms with Crippen LogP contribution in [0, 0.1) is 13.8 Å². The second-order valence-electron chi connectivity index (χ2n) is 3.15. The number of thiazole rings is 1. The van der Waals surface area contributed by atoms with Crippen LogP contribution in [0.1, 0.15) is 24.0 Å². The zero-order valence-electron chi connectivity index (χ0n) is 8.63. The number of amides is 1. The molecular formula is C9H15N3OS. The minimum absolute atomic E-state index is 0.140. The molecule has 1 aromatic heterocycles. The van der Waals surface area contributed by atoms with Gasteiger partial charge in [-0.2, -0.15) is 0 Å². The fourth-order valence-corrected chi connectivity index (χ4v) is 1.86. The fraction of sp³-hybridized carbons (Fsp3) is 0.556. The van der Waals surface area contributed by atoms with Crippen LogP contribution in [0.15, 0.2) is 0 Å². The molecule has 0 aliphatic carbocycles. The molecule has 0 unspecified atom stereocenters. The Morgan fingerprint density at radius 1 is 1.64 bits per heavy atom. The minimum Gasteiger partial charge on any atom is -0.320 e. The minimum atomic E-state index is -0.434. The Morgan fingerprint density at radius 2 is 2.29 bits per heavy atom. The first-order valence-electron chi connectivity index (χ1n) is 4.55. The van der Waals surface area contributed by atoms with Gasteiger partial charge in [0.25, 0.3) is 0 Å². The Morgan fingerprint density at radius 3 is 2.71 bits per heavy atom. The third-order valence-corrected chi connectivity index (χ3v) is 2.91. The van der Waals surface area contributed by atoms with Crippen LogP contribution in [0.3, 0.4) is 0 Å². The van der Waals surface area contributed by atoms with Gasteiger partial charge in [-0.1, -0.05) is 6.92 Å². The van der Waals surface area contributed by atoms with Gasteiger partial charge in [-0.25, -0.2) is 4.98 Å². The molecule has 1 atom stereocenters. The van der Waals surface area contributed by atoms with E-state index in [1.54, 1.807) is 0 Å². The predicted octanol–water partition coefficient (Wildman–Crippen LogP) is 1.44. The van der Waals surface area contributed by atoms with Crippen molar-refractivity contribution in [2.24, 2.45) is 5.73 Å². The number of hydrogen-bond donors (Lipinski definition) is 2. The van der Waals surface area contributed by atoms with Gasteiger partial charge >= 0.3 is 0 Å². The quantitative estimate of drug-likeness (QED) is 0.798. The molecule has 0 aromatic carbocycles. The van der Waals surface area contributed by atoms with Crippen molar-refractivity contribution in [1.82, 2.24) is 4.98 Å². The molecule has 14 heavy (non-hydrogen) atoms. The third-order valence-electron chi connectivity index (χ3n) is 1.92. The normalized spacial score (nSPS) is 12.6. The molecule has 4 nitrogen and oxygen atoms in total. The molecule has 1 amide bonds. The summed E-state index contributed by atoms with van der Waals surface area (Å²) in [6.07, 6.45) is 0.642. The van der Waals surface area contributed by atoms with E-state index in [1.165, 1.54) is 11.3 Å². The second kappa shape index (κ2) is 4.52. The van der Waals surface area contributed by atoms with Gasteiger partial charge < -0.3 is 11.1 Å². The summed E-state index contributed by atoms with van der Waals surface area (Å²) < 4.78 is 0. The maximum atomic E-state index is 11.4. The average molecular weight is 213 g/mol. The Labute approximate surface area is 87.5 Å². The molecule has 1 aromatic rings. The predicted molar refractivity (Wildman–Crippen MR) is 58.5 cm³/mol. The topological polar surface area (TPSA) is 68.0 Å². The highest BCUT2D eigenvalue weighted by Gasteiger charge is 2.13. The van der Waals surface area contributed by atoms with E-state index in [2.05, 4.69) is 10.3 Å². The molecule has 0 saturated heterocycles. The van der Waals surface area contributed by atoms with Gasteiger partial charge in [0.15, 0.2) is 0 Å². The number of nitrogens with two attached hydrogens (primary N) is 1. The van der Waals surface area contributed by atoms with Crippen molar-refractivity contribution in [3.8, 4) is 0 Å². The van der Waals surface area contributed by atoms with Crippen LogP contribution in [0.5, 0.6) is 0 Å². The zero-order valence-corrected chi connectivity index (χ0v) is 9.44. The van der Waals surface area contributed by atoms with E-state index in [9.17, 15) is 4.79 Å². The lowest BCUT2D eigenvalue weighted by Crippen LogP contribution is -2.34.